The van der Waals surface area contributed by atoms with Gasteiger partial charge in [-0.25, -0.2) is 20.3 Å². The lowest BCUT2D eigenvalue weighted by molar-refractivity contribution is -0.170. The molecule has 1 aliphatic heterocycles. The summed E-state index contributed by atoms with van der Waals surface area (Å²) in [4.78, 5) is 16.7. The van der Waals surface area contributed by atoms with Crippen LogP contribution >= 0.6 is 0 Å². The van der Waals surface area contributed by atoms with E-state index in [4.69, 9.17) is 4.84 Å². The van der Waals surface area contributed by atoms with E-state index in [-0.39, 0.29) is 23.8 Å². The van der Waals surface area contributed by atoms with Gasteiger partial charge in [0.25, 0.3) is 5.91 Å². The second kappa shape index (κ2) is 5.43. The number of benzene rings is 1. The van der Waals surface area contributed by atoms with E-state index in [9.17, 15) is 9.18 Å². The van der Waals surface area contributed by atoms with E-state index in [1.807, 2.05) is 0 Å². The number of halogens is 1. The summed E-state index contributed by atoms with van der Waals surface area (Å²) in [6.45, 7) is 0. The number of hydrogen-bond donors (Lipinski definition) is 2. The maximum Gasteiger partial charge on any atom is 0.264 e. The standard InChI is InChI=1S/C12H16FN3O2/c1-16(18-2)12(17)11-7-10(14-15-11)8-3-5-9(13)6-4-8/h3-6,10-11,14-15H,7H2,1-2H3. The highest BCUT2D eigenvalue weighted by Crippen LogP contribution is 2.23. The van der Waals surface area contributed by atoms with Gasteiger partial charge in [0.2, 0.25) is 0 Å². The Kier molecular flexibility index (Phi) is 3.90. The van der Waals surface area contributed by atoms with Crippen LogP contribution in [0.4, 0.5) is 4.39 Å². The van der Waals surface area contributed by atoms with Crippen LogP contribution < -0.4 is 10.9 Å². The first-order valence-electron chi connectivity index (χ1n) is 5.70. The Balaban J connectivity index is 2.00. The minimum Gasteiger partial charge on any atom is -0.275 e. The average molecular weight is 253 g/mol. The van der Waals surface area contributed by atoms with Crippen LogP contribution in [0.5, 0.6) is 0 Å². The predicted molar refractivity (Wildman–Crippen MR) is 63.6 cm³/mol. The number of nitrogens with zero attached hydrogens (tertiary/aromatic N) is 1. The summed E-state index contributed by atoms with van der Waals surface area (Å²) >= 11 is 0. The highest BCUT2D eigenvalue weighted by molar-refractivity contribution is 5.81. The molecule has 0 aliphatic carbocycles. The number of amides is 1. The van der Waals surface area contributed by atoms with Gasteiger partial charge in [-0.1, -0.05) is 12.1 Å². The van der Waals surface area contributed by atoms with E-state index < -0.39 is 0 Å². The number of hydrogen-bond acceptors (Lipinski definition) is 4. The van der Waals surface area contributed by atoms with Crippen molar-refractivity contribution in [1.29, 1.82) is 0 Å². The van der Waals surface area contributed by atoms with E-state index in [2.05, 4.69) is 10.9 Å². The largest absolute Gasteiger partial charge is 0.275 e. The quantitative estimate of drug-likeness (QED) is 0.781. The van der Waals surface area contributed by atoms with Crippen molar-refractivity contribution in [3.63, 3.8) is 0 Å². The molecule has 2 N–H and O–H groups in total. The van der Waals surface area contributed by atoms with Gasteiger partial charge in [-0.3, -0.25) is 9.63 Å². The van der Waals surface area contributed by atoms with Crippen molar-refractivity contribution < 1.29 is 14.0 Å². The molecule has 1 fully saturated rings. The minimum atomic E-state index is -0.343. The summed E-state index contributed by atoms with van der Waals surface area (Å²) in [6, 6.07) is 5.89. The number of rotatable bonds is 3. The molecule has 2 unspecified atom stereocenters. The number of carbonyl (C=O) groups excluding carboxylic acids is 1. The van der Waals surface area contributed by atoms with Gasteiger partial charge >= 0.3 is 0 Å². The van der Waals surface area contributed by atoms with Gasteiger partial charge in [-0.15, -0.1) is 0 Å². The number of carbonyl (C=O) groups is 1. The summed E-state index contributed by atoms with van der Waals surface area (Å²) in [5.41, 5.74) is 6.89. The van der Waals surface area contributed by atoms with Crippen LogP contribution in [0.25, 0.3) is 0 Å². The molecule has 0 radical (unpaired) electrons. The number of likely N-dealkylation sites (N-methyl/N-ethyl adjacent to an activating group) is 1. The van der Waals surface area contributed by atoms with Crippen LogP contribution in [-0.2, 0) is 9.63 Å². The summed E-state index contributed by atoms with van der Waals surface area (Å²) < 4.78 is 12.8. The fraction of sp³-hybridized carbons (Fsp3) is 0.417. The SMILES string of the molecule is CON(C)C(=O)C1CC(c2ccc(F)cc2)NN1. The van der Waals surface area contributed by atoms with Gasteiger partial charge in [0.1, 0.15) is 11.9 Å². The summed E-state index contributed by atoms with van der Waals surface area (Å²) in [5.74, 6) is -0.411. The molecule has 0 saturated carbocycles. The second-order valence-electron chi connectivity index (χ2n) is 4.20. The molecular formula is C12H16FN3O2. The topological polar surface area (TPSA) is 53.6 Å². The van der Waals surface area contributed by atoms with E-state index in [0.29, 0.717) is 6.42 Å². The van der Waals surface area contributed by atoms with Gasteiger partial charge < -0.3 is 0 Å². The highest BCUT2D eigenvalue weighted by Gasteiger charge is 2.32. The van der Waals surface area contributed by atoms with Gasteiger partial charge in [-0.05, 0) is 24.1 Å². The second-order valence-corrected chi connectivity index (χ2v) is 4.20. The molecule has 1 aromatic rings. The van der Waals surface area contributed by atoms with Gasteiger partial charge in [0, 0.05) is 13.1 Å². The Bertz CT molecular complexity index is 424. The van der Waals surface area contributed by atoms with E-state index in [0.717, 1.165) is 5.56 Å². The fourth-order valence-electron chi connectivity index (χ4n) is 1.94. The number of hydroxylamine groups is 2. The van der Waals surface area contributed by atoms with Crippen LogP contribution in [0.1, 0.15) is 18.0 Å². The Hall–Kier alpha value is -1.50. The van der Waals surface area contributed by atoms with Gasteiger partial charge in [-0.2, -0.15) is 0 Å². The van der Waals surface area contributed by atoms with E-state index in [1.54, 1.807) is 19.2 Å². The third-order valence-electron chi connectivity index (χ3n) is 3.06. The summed E-state index contributed by atoms with van der Waals surface area (Å²) in [5, 5.41) is 1.19. The molecule has 6 heteroatoms. The maximum absolute atomic E-state index is 12.8. The zero-order valence-corrected chi connectivity index (χ0v) is 10.3. The smallest absolute Gasteiger partial charge is 0.264 e. The predicted octanol–water partition coefficient (Wildman–Crippen LogP) is 0.753. The molecule has 5 nitrogen and oxygen atoms in total. The first-order valence-corrected chi connectivity index (χ1v) is 5.70. The van der Waals surface area contributed by atoms with Crippen LogP contribution in [0.3, 0.4) is 0 Å². The molecule has 1 saturated heterocycles. The Morgan fingerprint density at radius 1 is 1.39 bits per heavy atom. The fourth-order valence-corrected chi connectivity index (χ4v) is 1.94. The maximum atomic E-state index is 12.8. The molecule has 1 amide bonds. The van der Waals surface area contributed by atoms with Crippen molar-refractivity contribution in [3.8, 4) is 0 Å². The zero-order chi connectivity index (χ0) is 13.1. The van der Waals surface area contributed by atoms with Crippen molar-refractivity contribution in [2.45, 2.75) is 18.5 Å². The highest BCUT2D eigenvalue weighted by atomic mass is 19.1. The van der Waals surface area contributed by atoms with Crippen LogP contribution in [-0.4, -0.2) is 31.2 Å². The molecule has 1 aliphatic rings. The van der Waals surface area contributed by atoms with Crippen molar-refractivity contribution in [3.05, 3.63) is 35.6 Å². The van der Waals surface area contributed by atoms with Crippen LogP contribution in [0.2, 0.25) is 0 Å². The normalized spacial score (nSPS) is 23.1. The van der Waals surface area contributed by atoms with Crippen molar-refractivity contribution in [2.75, 3.05) is 14.2 Å². The molecule has 0 spiro atoms. The third kappa shape index (κ3) is 2.66. The van der Waals surface area contributed by atoms with Crippen molar-refractivity contribution in [2.24, 2.45) is 0 Å². The van der Waals surface area contributed by atoms with Crippen molar-refractivity contribution >= 4 is 5.91 Å². The average Bonchev–Trinajstić information content (AvgIpc) is 2.87. The summed E-state index contributed by atoms with van der Waals surface area (Å²) in [7, 11) is 3.01. The molecule has 2 rings (SSSR count). The first-order chi connectivity index (χ1) is 8.61. The minimum absolute atomic E-state index is 0.00944. The monoisotopic (exact) mass is 253 g/mol. The molecule has 2 atom stereocenters. The van der Waals surface area contributed by atoms with E-state index >= 15 is 0 Å². The molecule has 18 heavy (non-hydrogen) atoms. The number of hydrazine groups is 1. The molecule has 1 aromatic carbocycles. The lowest BCUT2D eigenvalue weighted by atomic mass is 10.0. The molecule has 1 heterocycles. The molecular weight excluding hydrogens is 237 g/mol. The first kappa shape index (κ1) is 12.9. The van der Waals surface area contributed by atoms with Crippen molar-refractivity contribution in [1.82, 2.24) is 15.9 Å². The van der Waals surface area contributed by atoms with Crippen LogP contribution in [0, 0.1) is 5.82 Å². The third-order valence-corrected chi connectivity index (χ3v) is 3.06. The Labute approximate surface area is 105 Å². The zero-order valence-electron chi connectivity index (χ0n) is 10.3. The molecule has 98 valence electrons. The lowest BCUT2D eigenvalue weighted by Gasteiger charge is -2.17. The lowest BCUT2D eigenvalue weighted by Crippen LogP contribution is -2.43. The van der Waals surface area contributed by atoms with Gasteiger partial charge in [0.05, 0.1) is 7.11 Å². The number of nitrogens with one attached hydrogen (secondary N) is 2. The van der Waals surface area contributed by atoms with Gasteiger partial charge in [0.15, 0.2) is 0 Å². The van der Waals surface area contributed by atoms with Crippen LogP contribution in [0.15, 0.2) is 24.3 Å². The Morgan fingerprint density at radius 2 is 2.06 bits per heavy atom. The van der Waals surface area contributed by atoms with E-state index in [1.165, 1.54) is 24.3 Å². The Morgan fingerprint density at radius 3 is 2.67 bits per heavy atom. The summed E-state index contributed by atoms with van der Waals surface area (Å²) in [6.07, 6.45) is 0.595. The molecule has 0 bridgehead atoms. The molecule has 0 aromatic heterocycles.